The highest BCUT2D eigenvalue weighted by molar-refractivity contribution is 5.96. The van der Waals surface area contributed by atoms with E-state index >= 15 is 0 Å². The molecule has 20 heavy (non-hydrogen) atoms. The first-order valence-electron chi connectivity index (χ1n) is 7.32. The Kier molecular flexibility index (Phi) is 5.92. The summed E-state index contributed by atoms with van der Waals surface area (Å²) in [5, 5.41) is 0. The fourth-order valence-electron chi connectivity index (χ4n) is 1.86. The minimum atomic E-state index is -0.102. The van der Waals surface area contributed by atoms with Crippen molar-refractivity contribution in [2.45, 2.75) is 47.0 Å². The van der Waals surface area contributed by atoms with Crippen molar-refractivity contribution in [3.8, 4) is 0 Å². The molecule has 0 aliphatic carbocycles. The van der Waals surface area contributed by atoms with Crippen LogP contribution in [-0.4, -0.2) is 33.9 Å². The Bertz CT molecular complexity index is 459. The van der Waals surface area contributed by atoms with E-state index in [-0.39, 0.29) is 11.8 Å². The van der Waals surface area contributed by atoms with E-state index in [1.54, 1.807) is 4.90 Å². The van der Waals surface area contributed by atoms with Crippen LogP contribution in [0.1, 0.15) is 63.3 Å². The molecule has 0 aromatic carbocycles. The van der Waals surface area contributed by atoms with Gasteiger partial charge < -0.3 is 10.6 Å². The molecule has 0 aliphatic heterocycles. The van der Waals surface area contributed by atoms with Crippen molar-refractivity contribution in [2.75, 3.05) is 18.8 Å². The number of nitrogens with zero attached hydrogens (tertiary/aromatic N) is 3. The number of nitrogen functional groups attached to an aromatic ring is 1. The van der Waals surface area contributed by atoms with Gasteiger partial charge in [-0.1, -0.05) is 34.1 Å². The molecule has 112 valence electrons. The molecular formula is C15H26N4O. The van der Waals surface area contributed by atoms with E-state index in [0.29, 0.717) is 29.7 Å². The van der Waals surface area contributed by atoms with E-state index in [1.165, 1.54) is 6.20 Å². The maximum Gasteiger partial charge on any atom is 0.274 e. The van der Waals surface area contributed by atoms with Crippen molar-refractivity contribution >= 4 is 11.6 Å². The van der Waals surface area contributed by atoms with E-state index in [1.807, 2.05) is 20.8 Å². The molecule has 1 unspecified atom stereocenters. The molecule has 0 radical (unpaired) electrons. The molecule has 1 aromatic rings. The van der Waals surface area contributed by atoms with Gasteiger partial charge in [0.05, 0.1) is 11.9 Å². The van der Waals surface area contributed by atoms with Gasteiger partial charge in [0.25, 0.3) is 5.91 Å². The Morgan fingerprint density at radius 1 is 1.35 bits per heavy atom. The van der Waals surface area contributed by atoms with Crippen LogP contribution < -0.4 is 5.73 Å². The summed E-state index contributed by atoms with van der Waals surface area (Å²) in [6, 6.07) is 0. The third-order valence-corrected chi connectivity index (χ3v) is 3.45. The molecule has 0 spiro atoms. The fraction of sp³-hybridized carbons (Fsp3) is 0.667. The molecule has 1 aromatic heterocycles. The second-order valence-electron chi connectivity index (χ2n) is 5.54. The van der Waals surface area contributed by atoms with Crippen LogP contribution in [0.4, 0.5) is 5.69 Å². The van der Waals surface area contributed by atoms with Gasteiger partial charge in [0.1, 0.15) is 5.82 Å². The summed E-state index contributed by atoms with van der Waals surface area (Å²) < 4.78 is 0. The van der Waals surface area contributed by atoms with E-state index in [9.17, 15) is 4.79 Å². The van der Waals surface area contributed by atoms with Crippen molar-refractivity contribution in [3.63, 3.8) is 0 Å². The summed E-state index contributed by atoms with van der Waals surface area (Å²) in [4.78, 5) is 22.9. The standard InChI is InChI=1S/C15H26N4O/c1-6-11(5)9-19(7-2)15(20)13-12(16)8-17-14(18-13)10(3)4/h8,10-11H,6-7,9,16H2,1-5H3. The molecule has 2 N–H and O–H groups in total. The Morgan fingerprint density at radius 3 is 2.50 bits per heavy atom. The summed E-state index contributed by atoms with van der Waals surface area (Å²) >= 11 is 0. The third kappa shape index (κ3) is 3.92. The van der Waals surface area contributed by atoms with Crippen LogP contribution in [0.2, 0.25) is 0 Å². The average Bonchev–Trinajstić information content (AvgIpc) is 2.43. The largest absolute Gasteiger partial charge is 0.396 e. The minimum Gasteiger partial charge on any atom is -0.396 e. The normalized spacial score (nSPS) is 12.5. The zero-order valence-corrected chi connectivity index (χ0v) is 13.2. The summed E-state index contributed by atoms with van der Waals surface area (Å²) in [6.45, 7) is 11.6. The summed E-state index contributed by atoms with van der Waals surface area (Å²) in [5.74, 6) is 1.19. The zero-order valence-electron chi connectivity index (χ0n) is 13.2. The number of aromatic nitrogens is 2. The van der Waals surface area contributed by atoms with Crippen LogP contribution in [0.25, 0.3) is 0 Å². The fourth-order valence-corrected chi connectivity index (χ4v) is 1.86. The Hall–Kier alpha value is -1.65. The van der Waals surface area contributed by atoms with Gasteiger partial charge in [0.2, 0.25) is 0 Å². The van der Waals surface area contributed by atoms with Crippen LogP contribution in [0, 0.1) is 5.92 Å². The Morgan fingerprint density at radius 2 is 2.00 bits per heavy atom. The van der Waals surface area contributed by atoms with Crippen LogP contribution in [0.3, 0.4) is 0 Å². The zero-order chi connectivity index (χ0) is 15.3. The quantitative estimate of drug-likeness (QED) is 0.868. The molecule has 1 amide bonds. The number of anilines is 1. The lowest BCUT2D eigenvalue weighted by Gasteiger charge is -2.24. The lowest BCUT2D eigenvalue weighted by molar-refractivity contribution is 0.0735. The maximum atomic E-state index is 12.6. The summed E-state index contributed by atoms with van der Waals surface area (Å²) in [7, 11) is 0. The Balaban J connectivity index is 3.02. The lowest BCUT2D eigenvalue weighted by Crippen LogP contribution is -2.35. The van der Waals surface area contributed by atoms with Gasteiger partial charge in [-0.05, 0) is 12.8 Å². The first-order valence-corrected chi connectivity index (χ1v) is 7.32. The van der Waals surface area contributed by atoms with E-state index in [2.05, 4.69) is 23.8 Å². The van der Waals surface area contributed by atoms with Gasteiger partial charge in [-0.25, -0.2) is 9.97 Å². The van der Waals surface area contributed by atoms with Gasteiger partial charge in [-0.15, -0.1) is 0 Å². The molecule has 0 saturated carbocycles. The molecule has 1 rings (SSSR count). The average molecular weight is 278 g/mol. The second-order valence-corrected chi connectivity index (χ2v) is 5.54. The number of hydrogen-bond acceptors (Lipinski definition) is 4. The predicted molar refractivity (Wildman–Crippen MR) is 81.6 cm³/mol. The van der Waals surface area contributed by atoms with Crippen molar-refractivity contribution in [1.29, 1.82) is 0 Å². The molecule has 5 nitrogen and oxygen atoms in total. The minimum absolute atomic E-state index is 0.102. The van der Waals surface area contributed by atoms with Gasteiger partial charge in [0, 0.05) is 19.0 Å². The lowest BCUT2D eigenvalue weighted by atomic mass is 10.1. The maximum absolute atomic E-state index is 12.6. The van der Waals surface area contributed by atoms with Crippen molar-refractivity contribution in [1.82, 2.24) is 14.9 Å². The van der Waals surface area contributed by atoms with E-state index < -0.39 is 0 Å². The van der Waals surface area contributed by atoms with Crippen LogP contribution in [-0.2, 0) is 0 Å². The summed E-state index contributed by atoms with van der Waals surface area (Å²) in [6.07, 6.45) is 2.58. The monoisotopic (exact) mass is 278 g/mol. The smallest absolute Gasteiger partial charge is 0.274 e. The van der Waals surface area contributed by atoms with Crippen LogP contribution in [0.15, 0.2) is 6.20 Å². The number of nitrogens with two attached hydrogens (primary N) is 1. The van der Waals surface area contributed by atoms with Gasteiger partial charge in [0.15, 0.2) is 5.69 Å². The third-order valence-electron chi connectivity index (χ3n) is 3.45. The first kappa shape index (κ1) is 16.4. The topological polar surface area (TPSA) is 72.1 Å². The SMILES string of the molecule is CCC(C)CN(CC)C(=O)c1nc(C(C)C)ncc1N. The highest BCUT2D eigenvalue weighted by Crippen LogP contribution is 2.16. The van der Waals surface area contributed by atoms with E-state index in [0.717, 1.165) is 13.0 Å². The molecule has 0 fully saturated rings. The Labute approximate surface area is 121 Å². The number of amides is 1. The van der Waals surface area contributed by atoms with Crippen LogP contribution >= 0.6 is 0 Å². The molecule has 0 bridgehead atoms. The van der Waals surface area contributed by atoms with Crippen molar-refractivity contribution in [2.24, 2.45) is 5.92 Å². The number of carbonyl (C=O) groups is 1. The van der Waals surface area contributed by atoms with Crippen molar-refractivity contribution < 1.29 is 4.79 Å². The molecule has 1 heterocycles. The molecule has 0 aliphatic rings. The predicted octanol–water partition coefficient (Wildman–Crippen LogP) is 2.69. The van der Waals surface area contributed by atoms with Crippen molar-refractivity contribution in [3.05, 3.63) is 17.7 Å². The van der Waals surface area contributed by atoms with E-state index in [4.69, 9.17) is 5.73 Å². The van der Waals surface area contributed by atoms with Crippen LogP contribution in [0.5, 0.6) is 0 Å². The van der Waals surface area contributed by atoms with Gasteiger partial charge in [-0.2, -0.15) is 0 Å². The highest BCUT2D eigenvalue weighted by Gasteiger charge is 2.21. The van der Waals surface area contributed by atoms with Gasteiger partial charge in [-0.3, -0.25) is 4.79 Å². The molecule has 1 atom stereocenters. The van der Waals surface area contributed by atoms with Gasteiger partial charge >= 0.3 is 0 Å². The molecule has 5 heteroatoms. The number of hydrogen-bond donors (Lipinski definition) is 1. The highest BCUT2D eigenvalue weighted by atomic mass is 16.2. The summed E-state index contributed by atoms with van der Waals surface area (Å²) in [5.41, 5.74) is 6.55. The number of rotatable bonds is 6. The molecular weight excluding hydrogens is 252 g/mol. The number of carbonyl (C=O) groups excluding carboxylic acids is 1. The second kappa shape index (κ2) is 7.22. The first-order chi connectivity index (χ1) is 9.40. The molecule has 0 saturated heterocycles.